The first-order chi connectivity index (χ1) is 14.2. The zero-order chi connectivity index (χ0) is 20.5. The summed E-state index contributed by atoms with van der Waals surface area (Å²) in [4.78, 5) is 20.9. The van der Waals surface area contributed by atoms with Gasteiger partial charge in [0.1, 0.15) is 0 Å². The molecule has 1 aromatic carbocycles. The molecule has 164 valence electrons. The molecule has 1 aromatic heterocycles. The molecule has 0 spiro atoms. The van der Waals surface area contributed by atoms with Crippen LogP contribution in [0.4, 0.5) is 5.69 Å². The van der Waals surface area contributed by atoms with Gasteiger partial charge in [0.25, 0.3) is 0 Å². The lowest BCUT2D eigenvalue weighted by atomic mass is 10.2. The van der Waals surface area contributed by atoms with Crippen LogP contribution in [-0.2, 0) is 11.3 Å². The fourth-order valence-electron chi connectivity index (χ4n) is 3.24. The Labute approximate surface area is 199 Å². The Kier molecular flexibility index (Phi) is 10.2. The molecule has 10 heteroatoms. The maximum atomic E-state index is 12.5. The van der Waals surface area contributed by atoms with E-state index in [0.29, 0.717) is 19.0 Å². The smallest absolute Gasteiger partial charge is 0.242 e. The Bertz CT molecular complexity index is 790. The van der Waals surface area contributed by atoms with Crippen LogP contribution in [0.15, 0.2) is 47.7 Å². The first-order valence-corrected chi connectivity index (χ1v) is 10.2. The first-order valence-electron chi connectivity index (χ1n) is 9.86. The van der Waals surface area contributed by atoms with E-state index in [4.69, 9.17) is 11.6 Å². The first kappa shape index (κ1) is 24.3. The molecule has 0 bridgehead atoms. The van der Waals surface area contributed by atoms with E-state index in [1.54, 1.807) is 13.2 Å². The van der Waals surface area contributed by atoms with Crippen molar-refractivity contribution in [3.8, 4) is 0 Å². The SMILES string of the molecule is CN=C(NCCCn1cccn1)NCC(=O)N1CCN(c2ccc(Cl)cc2)CC1.I. The molecule has 1 amide bonds. The molecule has 1 aliphatic rings. The monoisotopic (exact) mass is 545 g/mol. The van der Waals surface area contributed by atoms with Crippen LogP contribution >= 0.6 is 35.6 Å². The molecule has 1 fully saturated rings. The standard InChI is InChI=1S/C20H28ClN7O.HI/c1-22-20(23-8-2-10-28-11-3-9-25-28)24-16-19(29)27-14-12-26(13-15-27)18-6-4-17(21)5-7-18;/h3-7,9,11H,2,8,10,12-16H2,1H3,(H2,22,23,24);1H. The second-order valence-corrected chi connectivity index (χ2v) is 7.26. The number of nitrogens with zero attached hydrogens (tertiary/aromatic N) is 5. The van der Waals surface area contributed by atoms with Gasteiger partial charge in [-0.05, 0) is 36.8 Å². The molecular weight excluding hydrogens is 517 g/mol. The van der Waals surface area contributed by atoms with Crippen LogP contribution in [-0.4, -0.2) is 72.9 Å². The molecule has 0 saturated carbocycles. The number of hydrogen-bond donors (Lipinski definition) is 2. The zero-order valence-corrected chi connectivity index (χ0v) is 20.2. The number of amides is 1. The van der Waals surface area contributed by atoms with Gasteiger partial charge in [0.15, 0.2) is 5.96 Å². The molecule has 30 heavy (non-hydrogen) atoms. The Morgan fingerprint density at radius 3 is 2.53 bits per heavy atom. The summed E-state index contributed by atoms with van der Waals surface area (Å²) in [6, 6.07) is 9.74. The number of guanidine groups is 1. The Hall–Kier alpha value is -2.01. The maximum absolute atomic E-state index is 12.5. The number of nitrogens with one attached hydrogen (secondary N) is 2. The number of carbonyl (C=O) groups excluding carboxylic acids is 1. The summed E-state index contributed by atoms with van der Waals surface area (Å²) in [7, 11) is 1.71. The van der Waals surface area contributed by atoms with E-state index >= 15 is 0 Å². The molecule has 2 heterocycles. The quantitative estimate of drug-likeness (QED) is 0.241. The van der Waals surface area contributed by atoms with E-state index < -0.39 is 0 Å². The van der Waals surface area contributed by atoms with Gasteiger partial charge in [-0.25, -0.2) is 0 Å². The lowest BCUT2D eigenvalue weighted by molar-refractivity contribution is -0.130. The van der Waals surface area contributed by atoms with Crippen molar-refractivity contribution in [2.75, 3.05) is 51.2 Å². The summed E-state index contributed by atoms with van der Waals surface area (Å²) >= 11 is 5.95. The number of carbonyl (C=O) groups is 1. The third-order valence-electron chi connectivity index (χ3n) is 4.87. The Balaban J connectivity index is 0.00000320. The van der Waals surface area contributed by atoms with Crippen molar-refractivity contribution in [1.29, 1.82) is 0 Å². The van der Waals surface area contributed by atoms with Crippen molar-refractivity contribution in [3.63, 3.8) is 0 Å². The number of aryl methyl sites for hydroxylation is 1. The van der Waals surface area contributed by atoms with Crippen molar-refractivity contribution in [1.82, 2.24) is 25.3 Å². The highest BCUT2D eigenvalue weighted by Gasteiger charge is 2.21. The van der Waals surface area contributed by atoms with Gasteiger partial charge in [-0.15, -0.1) is 24.0 Å². The molecule has 0 aliphatic carbocycles. The summed E-state index contributed by atoms with van der Waals surface area (Å²) in [6.07, 6.45) is 4.64. The molecule has 1 aliphatic heterocycles. The molecule has 0 radical (unpaired) electrons. The van der Waals surface area contributed by atoms with Crippen molar-refractivity contribution in [2.24, 2.45) is 4.99 Å². The highest BCUT2D eigenvalue weighted by atomic mass is 127. The maximum Gasteiger partial charge on any atom is 0.242 e. The number of benzene rings is 1. The second-order valence-electron chi connectivity index (χ2n) is 6.82. The van der Waals surface area contributed by atoms with Crippen LogP contribution in [0, 0.1) is 0 Å². The predicted octanol–water partition coefficient (Wildman–Crippen LogP) is 2.06. The summed E-state index contributed by atoms with van der Waals surface area (Å²) in [5.74, 6) is 0.721. The average Bonchev–Trinajstić information content (AvgIpc) is 3.27. The van der Waals surface area contributed by atoms with Crippen molar-refractivity contribution in [3.05, 3.63) is 47.7 Å². The summed E-state index contributed by atoms with van der Waals surface area (Å²) in [6.45, 7) is 4.88. The minimum atomic E-state index is 0. The van der Waals surface area contributed by atoms with Gasteiger partial charge in [0.05, 0.1) is 6.54 Å². The van der Waals surface area contributed by atoms with Crippen LogP contribution < -0.4 is 15.5 Å². The van der Waals surface area contributed by atoms with E-state index in [-0.39, 0.29) is 36.4 Å². The van der Waals surface area contributed by atoms with E-state index in [1.807, 2.05) is 46.1 Å². The van der Waals surface area contributed by atoms with Crippen molar-refractivity contribution in [2.45, 2.75) is 13.0 Å². The van der Waals surface area contributed by atoms with E-state index in [1.165, 1.54) is 0 Å². The van der Waals surface area contributed by atoms with Crippen molar-refractivity contribution >= 4 is 53.1 Å². The molecular formula is C20H29ClIN7O. The number of rotatable bonds is 7. The van der Waals surface area contributed by atoms with Gasteiger partial charge < -0.3 is 20.4 Å². The highest BCUT2D eigenvalue weighted by molar-refractivity contribution is 14.0. The van der Waals surface area contributed by atoms with Crippen LogP contribution in [0.5, 0.6) is 0 Å². The molecule has 1 saturated heterocycles. The van der Waals surface area contributed by atoms with Crippen LogP contribution in [0.25, 0.3) is 0 Å². The minimum Gasteiger partial charge on any atom is -0.368 e. The fraction of sp³-hybridized carbons (Fsp3) is 0.450. The van der Waals surface area contributed by atoms with E-state index in [9.17, 15) is 4.79 Å². The van der Waals surface area contributed by atoms with E-state index in [2.05, 4.69) is 25.6 Å². The fourth-order valence-corrected chi connectivity index (χ4v) is 3.36. The van der Waals surface area contributed by atoms with Gasteiger partial charge >= 0.3 is 0 Å². The normalized spacial score (nSPS) is 14.3. The summed E-state index contributed by atoms with van der Waals surface area (Å²) in [5, 5.41) is 11.2. The lowest BCUT2D eigenvalue weighted by Gasteiger charge is -2.36. The van der Waals surface area contributed by atoms with Crippen molar-refractivity contribution < 1.29 is 4.79 Å². The third kappa shape index (κ3) is 7.35. The number of aliphatic imine (C=N–C) groups is 1. The largest absolute Gasteiger partial charge is 0.368 e. The molecule has 2 aromatic rings. The molecule has 0 atom stereocenters. The molecule has 2 N–H and O–H groups in total. The Morgan fingerprint density at radius 1 is 1.17 bits per heavy atom. The average molecular weight is 546 g/mol. The topological polar surface area (TPSA) is 77.8 Å². The predicted molar refractivity (Wildman–Crippen MR) is 132 cm³/mol. The molecule has 8 nitrogen and oxygen atoms in total. The number of aromatic nitrogens is 2. The molecule has 0 unspecified atom stereocenters. The van der Waals surface area contributed by atoms with E-state index in [0.717, 1.165) is 43.3 Å². The van der Waals surface area contributed by atoms with Gasteiger partial charge in [0.2, 0.25) is 5.91 Å². The van der Waals surface area contributed by atoms with Crippen LogP contribution in [0.3, 0.4) is 0 Å². The lowest BCUT2D eigenvalue weighted by Crippen LogP contribution is -2.52. The molecule has 3 rings (SSSR count). The number of hydrogen-bond acceptors (Lipinski definition) is 4. The van der Waals surface area contributed by atoms with Gasteiger partial charge in [-0.2, -0.15) is 5.10 Å². The second kappa shape index (κ2) is 12.6. The summed E-state index contributed by atoms with van der Waals surface area (Å²) < 4.78 is 1.89. The Morgan fingerprint density at radius 2 is 1.90 bits per heavy atom. The highest BCUT2D eigenvalue weighted by Crippen LogP contribution is 2.19. The minimum absolute atomic E-state index is 0. The van der Waals surface area contributed by atoms with Gasteiger partial charge in [0, 0.05) is 69.4 Å². The summed E-state index contributed by atoms with van der Waals surface area (Å²) in [5.41, 5.74) is 1.14. The zero-order valence-electron chi connectivity index (χ0n) is 17.1. The van der Waals surface area contributed by atoms with Gasteiger partial charge in [-0.1, -0.05) is 11.6 Å². The third-order valence-corrected chi connectivity index (χ3v) is 5.12. The number of piperazine rings is 1. The van der Waals surface area contributed by atoms with Crippen LogP contribution in [0.1, 0.15) is 6.42 Å². The number of halogens is 2. The number of anilines is 1. The van der Waals surface area contributed by atoms with Crippen LogP contribution in [0.2, 0.25) is 5.02 Å². The van der Waals surface area contributed by atoms with Gasteiger partial charge in [-0.3, -0.25) is 14.5 Å².